The van der Waals surface area contributed by atoms with E-state index in [4.69, 9.17) is 4.74 Å². The highest BCUT2D eigenvalue weighted by molar-refractivity contribution is 5.85. The molecule has 1 aromatic rings. The quantitative estimate of drug-likeness (QED) is 0.838. The summed E-state index contributed by atoms with van der Waals surface area (Å²) in [5, 5.41) is 0. The van der Waals surface area contributed by atoms with Gasteiger partial charge in [-0.3, -0.25) is 0 Å². The Morgan fingerprint density at radius 3 is 2.89 bits per heavy atom. The normalized spacial score (nSPS) is 29.3. The molecule has 1 aliphatic carbocycles. The Hall–Kier alpha value is -0.730. The van der Waals surface area contributed by atoms with E-state index < -0.39 is 0 Å². The van der Waals surface area contributed by atoms with Gasteiger partial charge in [0, 0.05) is 18.5 Å². The Bertz CT molecular complexity index is 437. The number of halogens is 1. The van der Waals surface area contributed by atoms with Gasteiger partial charge in [-0.15, -0.1) is 12.4 Å². The molecule has 106 valence electrons. The standard InChI is InChI=1S/C16H23NO.ClH/c1-3-9-17-11-14-7-8-16(14,12-17)13-5-4-6-15(10-13)18-2;/h4-6,10,14H,3,7-9,11-12H2,1-2H3;1H. The highest BCUT2D eigenvalue weighted by Crippen LogP contribution is 2.53. The minimum atomic E-state index is 0. The van der Waals surface area contributed by atoms with Gasteiger partial charge in [0.25, 0.3) is 0 Å². The summed E-state index contributed by atoms with van der Waals surface area (Å²) in [5.41, 5.74) is 1.93. The Morgan fingerprint density at radius 1 is 1.42 bits per heavy atom. The number of nitrogens with zero attached hydrogens (tertiary/aromatic N) is 1. The van der Waals surface area contributed by atoms with Gasteiger partial charge in [0.05, 0.1) is 7.11 Å². The first-order chi connectivity index (χ1) is 8.78. The van der Waals surface area contributed by atoms with Crippen LogP contribution in [-0.4, -0.2) is 31.6 Å². The first-order valence-corrected chi connectivity index (χ1v) is 7.15. The summed E-state index contributed by atoms with van der Waals surface area (Å²) in [6.45, 7) is 6.07. The van der Waals surface area contributed by atoms with E-state index in [9.17, 15) is 0 Å². The molecule has 2 fully saturated rings. The lowest BCUT2D eigenvalue weighted by Gasteiger charge is -2.45. The Labute approximate surface area is 122 Å². The van der Waals surface area contributed by atoms with Gasteiger partial charge in [0.15, 0.2) is 0 Å². The zero-order valence-corrected chi connectivity index (χ0v) is 12.7. The molecule has 1 aliphatic heterocycles. The maximum absolute atomic E-state index is 5.38. The second-order valence-corrected chi connectivity index (χ2v) is 5.86. The average molecular weight is 282 g/mol. The number of hydrogen-bond acceptors (Lipinski definition) is 2. The first-order valence-electron chi connectivity index (χ1n) is 7.15. The topological polar surface area (TPSA) is 12.5 Å². The molecule has 2 nitrogen and oxygen atoms in total. The number of rotatable bonds is 4. The molecule has 19 heavy (non-hydrogen) atoms. The minimum Gasteiger partial charge on any atom is -0.497 e. The maximum Gasteiger partial charge on any atom is 0.119 e. The van der Waals surface area contributed by atoms with Crippen LogP contribution in [0, 0.1) is 5.92 Å². The van der Waals surface area contributed by atoms with Crippen LogP contribution in [0.5, 0.6) is 5.75 Å². The highest BCUT2D eigenvalue weighted by Gasteiger charge is 2.53. The van der Waals surface area contributed by atoms with E-state index in [-0.39, 0.29) is 12.4 Å². The summed E-state index contributed by atoms with van der Waals surface area (Å²) in [6.07, 6.45) is 4.02. The van der Waals surface area contributed by atoms with Crippen LogP contribution in [0.25, 0.3) is 0 Å². The predicted molar refractivity (Wildman–Crippen MR) is 81.4 cm³/mol. The van der Waals surface area contributed by atoms with Gasteiger partial charge in [-0.05, 0) is 49.4 Å². The number of ether oxygens (including phenoxy) is 1. The molecule has 0 amide bonds. The van der Waals surface area contributed by atoms with Crippen LogP contribution in [0.1, 0.15) is 31.7 Å². The number of benzene rings is 1. The predicted octanol–water partition coefficient (Wildman–Crippen LogP) is 3.49. The van der Waals surface area contributed by atoms with Gasteiger partial charge >= 0.3 is 0 Å². The average Bonchev–Trinajstić information content (AvgIpc) is 2.64. The van der Waals surface area contributed by atoms with Crippen LogP contribution >= 0.6 is 12.4 Å². The van der Waals surface area contributed by atoms with Crippen molar-refractivity contribution in [3.05, 3.63) is 29.8 Å². The van der Waals surface area contributed by atoms with Gasteiger partial charge in [-0.2, -0.15) is 0 Å². The summed E-state index contributed by atoms with van der Waals surface area (Å²) in [4.78, 5) is 2.65. The fourth-order valence-corrected chi connectivity index (χ4v) is 3.84. The molecular formula is C16H24ClNO. The van der Waals surface area contributed by atoms with Crippen LogP contribution < -0.4 is 4.74 Å². The van der Waals surface area contributed by atoms with Gasteiger partial charge in [0.1, 0.15) is 5.75 Å². The monoisotopic (exact) mass is 281 g/mol. The molecule has 1 aromatic carbocycles. The molecule has 0 radical (unpaired) electrons. The Balaban J connectivity index is 0.00000133. The molecule has 0 spiro atoms. The van der Waals surface area contributed by atoms with Crippen molar-refractivity contribution in [1.82, 2.24) is 4.90 Å². The molecular weight excluding hydrogens is 258 g/mol. The van der Waals surface area contributed by atoms with Crippen molar-refractivity contribution >= 4 is 12.4 Å². The number of fused-ring (bicyclic) bond motifs is 1. The fraction of sp³-hybridized carbons (Fsp3) is 0.625. The van der Waals surface area contributed by atoms with E-state index in [0.717, 1.165) is 11.7 Å². The molecule has 0 N–H and O–H groups in total. The molecule has 1 heterocycles. The van der Waals surface area contributed by atoms with Crippen LogP contribution in [0.4, 0.5) is 0 Å². The summed E-state index contributed by atoms with van der Waals surface area (Å²) >= 11 is 0. The SMILES string of the molecule is CCCN1CC2CCC2(c2cccc(OC)c2)C1.Cl. The molecule has 3 rings (SSSR count). The Morgan fingerprint density at radius 2 is 2.26 bits per heavy atom. The van der Waals surface area contributed by atoms with Crippen molar-refractivity contribution in [3.8, 4) is 5.75 Å². The molecule has 0 aromatic heterocycles. The molecule has 1 saturated carbocycles. The van der Waals surface area contributed by atoms with Crippen molar-refractivity contribution in [2.24, 2.45) is 5.92 Å². The summed E-state index contributed by atoms with van der Waals surface area (Å²) in [7, 11) is 1.76. The molecule has 2 unspecified atom stereocenters. The zero-order chi connectivity index (χ0) is 12.6. The third-order valence-corrected chi connectivity index (χ3v) is 4.89. The summed E-state index contributed by atoms with van der Waals surface area (Å²) in [6, 6.07) is 8.74. The number of hydrogen-bond donors (Lipinski definition) is 0. The molecule has 2 aliphatic rings. The molecule has 3 heteroatoms. The van der Waals surface area contributed by atoms with Crippen molar-refractivity contribution in [2.45, 2.75) is 31.6 Å². The lowest BCUT2D eigenvalue weighted by atomic mass is 9.59. The third-order valence-electron chi connectivity index (χ3n) is 4.89. The van der Waals surface area contributed by atoms with Crippen molar-refractivity contribution in [2.75, 3.05) is 26.7 Å². The van der Waals surface area contributed by atoms with Crippen LogP contribution in [0.15, 0.2) is 24.3 Å². The highest BCUT2D eigenvalue weighted by atomic mass is 35.5. The van der Waals surface area contributed by atoms with E-state index in [0.29, 0.717) is 5.41 Å². The van der Waals surface area contributed by atoms with Crippen LogP contribution in [0.2, 0.25) is 0 Å². The van der Waals surface area contributed by atoms with E-state index >= 15 is 0 Å². The summed E-state index contributed by atoms with van der Waals surface area (Å²) in [5.74, 6) is 1.87. The lowest BCUT2D eigenvalue weighted by Crippen LogP contribution is -2.43. The second-order valence-electron chi connectivity index (χ2n) is 5.86. The van der Waals surface area contributed by atoms with Crippen molar-refractivity contribution < 1.29 is 4.74 Å². The molecule has 1 saturated heterocycles. The summed E-state index contributed by atoms with van der Waals surface area (Å²) < 4.78 is 5.38. The van der Waals surface area contributed by atoms with Gasteiger partial charge in [-0.25, -0.2) is 0 Å². The van der Waals surface area contributed by atoms with E-state index in [1.807, 2.05) is 6.07 Å². The molecule has 0 bridgehead atoms. The van der Waals surface area contributed by atoms with Gasteiger partial charge in [0.2, 0.25) is 0 Å². The largest absolute Gasteiger partial charge is 0.497 e. The van der Waals surface area contributed by atoms with E-state index in [2.05, 4.69) is 30.0 Å². The molecule has 2 atom stereocenters. The van der Waals surface area contributed by atoms with Crippen molar-refractivity contribution in [1.29, 1.82) is 0 Å². The third kappa shape index (κ3) is 2.36. The van der Waals surface area contributed by atoms with E-state index in [1.165, 1.54) is 44.5 Å². The Kier molecular flexibility index (Phi) is 4.42. The fourth-order valence-electron chi connectivity index (χ4n) is 3.84. The number of methoxy groups -OCH3 is 1. The van der Waals surface area contributed by atoms with E-state index in [1.54, 1.807) is 7.11 Å². The maximum atomic E-state index is 5.38. The second kappa shape index (κ2) is 5.72. The lowest BCUT2D eigenvalue weighted by molar-refractivity contribution is 0.181. The first kappa shape index (κ1) is 14.7. The van der Waals surface area contributed by atoms with Gasteiger partial charge < -0.3 is 9.64 Å². The van der Waals surface area contributed by atoms with Gasteiger partial charge in [-0.1, -0.05) is 19.1 Å². The zero-order valence-electron chi connectivity index (χ0n) is 11.9. The van der Waals surface area contributed by atoms with Crippen LogP contribution in [0.3, 0.4) is 0 Å². The smallest absolute Gasteiger partial charge is 0.119 e. The number of likely N-dealkylation sites (tertiary alicyclic amines) is 1. The van der Waals surface area contributed by atoms with Crippen LogP contribution in [-0.2, 0) is 5.41 Å². The minimum absolute atomic E-state index is 0. The van der Waals surface area contributed by atoms with Crippen molar-refractivity contribution in [3.63, 3.8) is 0 Å².